The topological polar surface area (TPSA) is 44.8 Å². The lowest BCUT2D eigenvalue weighted by Crippen LogP contribution is -2.19. The molecular formula is C13H12BrF3O4. The molecule has 0 aromatic heterocycles. The normalized spacial score (nSPS) is 14.1. The van der Waals surface area contributed by atoms with Crippen LogP contribution in [0.5, 0.6) is 11.5 Å². The Balaban J connectivity index is 1.96. The highest BCUT2D eigenvalue weighted by molar-refractivity contribution is 9.10. The fourth-order valence-corrected chi connectivity index (χ4v) is 2.31. The van der Waals surface area contributed by atoms with Crippen molar-refractivity contribution in [3.63, 3.8) is 0 Å². The molecule has 1 heterocycles. The number of hydrogen-bond donors (Lipinski definition) is 0. The monoisotopic (exact) mass is 368 g/mol. The first-order chi connectivity index (χ1) is 9.87. The predicted molar refractivity (Wildman–Crippen MR) is 71.0 cm³/mol. The molecule has 1 aromatic carbocycles. The maximum atomic E-state index is 12.0. The van der Waals surface area contributed by atoms with E-state index in [0.717, 1.165) is 0 Å². The summed E-state index contributed by atoms with van der Waals surface area (Å²) in [6.45, 7) is -0.837. The Morgan fingerprint density at radius 1 is 1.24 bits per heavy atom. The molecular weight excluding hydrogens is 357 g/mol. The van der Waals surface area contributed by atoms with Crippen molar-refractivity contribution in [1.82, 2.24) is 0 Å². The molecule has 1 aliphatic heterocycles. The summed E-state index contributed by atoms with van der Waals surface area (Å²) in [5.41, 5.74) is 0.329. The minimum Gasteiger partial charge on any atom is -0.486 e. The van der Waals surface area contributed by atoms with E-state index in [1.165, 1.54) is 6.07 Å². The Hall–Kier alpha value is -1.28. The molecule has 0 radical (unpaired) electrons. The Kier molecular flexibility index (Phi) is 5.10. The summed E-state index contributed by atoms with van der Waals surface area (Å²) in [6, 6.07) is 3.13. The van der Waals surface area contributed by atoms with Gasteiger partial charge in [0.2, 0.25) is 0 Å². The van der Waals surface area contributed by atoms with E-state index in [-0.39, 0.29) is 18.8 Å². The Morgan fingerprint density at radius 3 is 2.48 bits per heavy atom. The molecule has 0 fully saturated rings. The zero-order chi connectivity index (χ0) is 15.5. The third-order valence-electron chi connectivity index (χ3n) is 2.67. The van der Waals surface area contributed by atoms with Crippen LogP contribution in [0.3, 0.4) is 0 Å². The van der Waals surface area contributed by atoms with Crippen LogP contribution in [-0.4, -0.2) is 38.4 Å². The van der Waals surface area contributed by atoms with E-state index >= 15 is 0 Å². The van der Waals surface area contributed by atoms with E-state index in [4.69, 9.17) is 9.47 Å². The molecule has 0 atom stereocenters. The van der Waals surface area contributed by atoms with Crippen LogP contribution in [0.4, 0.5) is 13.2 Å². The second-order valence-corrected chi connectivity index (χ2v) is 5.17. The van der Waals surface area contributed by atoms with E-state index in [1.54, 1.807) is 6.07 Å². The Bertz CT molecular complexity index is 531. The quantitative estimate of drug-likeness (QED) is 0.590. The summed E-state index contributed by atoms with van der Waals surface area (Å²) in [4.78, 5) is 12.0. The average Bonchev–Trinajstić information content (AvgIpc) is 2.41. The number of rotatable bonds is 5. The third kappa shape index (κ3) is 4.60. The van der Waals surface area contributed by atoms with Crippen LogP contribution in [0.2, 0.25) is 0 Å². The zero-order valence-electron chi connectivity index (χ0n) is 10.8. The molecule has 2 rings (SSSR count). The number of Topliss-reactive ketones (excluding diaryl/α,β-unsaturated/α-hetero) is 1. The fraction of sp³-hybridized carbons (Fsp3) is 0.462. The van der Waals surface area contributed by atoms with Gasteiger partial charge in [0.05, 0.1) is 6.61 Å². The number of hydrogen-bond acceptors (Lipinski definition) is 4. The number of benzene rings is 1. The minimum absolute atomic E-state index is 0.145. The molecule has 1 aliphatic rings. The van der Waals surface area contributed by atoms with Crippen molar-refractivity contribution in [3.8, 4) is 11.5 Å². The van der Waals surface area contributed by atoms with Gasteiger partial charge in [0, 0.05) is 16.5 Å². The fourth-order valence-electron chi connectivity index (χ4n) is 1.77. The Labute approximate surface area is 127 Å². The number of halogens is 4. The maximum Gasteiger partial charge on any atom is 0.411 e. The number of ketones is 1. The van der Waals surface area contributed by atoms with Gasteiger partial charge in [-0.2, -0.15) is 13.2 Å². The molecule has 0 spiro atoms. The number of fused-ring (bicyclic) bond motifs is 1. The molecule has 4 nitrogen and oxygen atoms in total. The molecule has 0 amide bonds. The predicted octanol–water partition coefficient (Wildman–Crippen LogP) is 3.37. The standard InChI is InChI=1S/C13H12BrF3O4/c14-9-6-12-11(20-3-4-21-12)5-8(9)10(18)1-2-19-7-13(15,16)17/h5-6H,1-4,7H2. The van der Waals surface area contributed by atoms with Crippen molar-refractivity contribution < 1.29 is 32.2 Å². The Morgan fingerprint density at radius 2 is 1.86 bits per heavy atom. The van der Waals surface area contributed by atoms with Crippen LogP contribution in [-0.2, 0) is 4.74 Å². The molecule has 0 bridgehead atoms. The van der Waals surface area contributed by atoms with Gasteiger partial charge in [-0.25, -0.2) is 0 Å². The highest BCUT2D eigenvalue weighted by Crippen LogP contribution is 2.35. The molecule has 116 valence electrons. The highest BCUT2D eigenvalue weighted by Gasteiger charge is 2.27. The summed E-state index contributed by atoms with van der Waals surface area (Å²) < 4.78 is 51.4. The lowest BCUT2D eigenvalue weighted by atomic mass is 10.1. The van der Waals surface area contributed by atoms with Crippen molar-refractivity contribution in [1.29, 1.82) is 0 Å². The van der Waals surface area contributed by atoms with Gasteiger partial charge in [0.15, 0.2) is 17.3 Å². The van der Waals surface area contributed by atoms with Crippen molar-refractivity contribution in [2.24, 2.45) is 0 Å². The van der Waals surface area contributed by atoms with E-state index in [9.17, 15) is 18.0 Å². The van der Waals surface area contributed by atoms with Crippen LogP contribution in [0.15, 0.2) is 16.6 Å². The van der Waals surface area contributed by atoms with E-state index in [2.05, 4.69) is 20.7 Å². The van der Waals surface area contributed by atoms with E-state index < -0.39 is 12.8 Å². The van der Waals surface area contributed by atoms with Crippen LogP contribution in [0.25, 0.3) is 0 Å². The third-order valence-corrected chi connectivity index (χ3v) is 3.33. The molecule has 0 saturated heterocycles. The SMILES string of the molecule is O=C(CCOCC(F)(F)F)c1cc2c(cc1Br)OCCO2. The molecule has 8 heteroatoms. The van der Waals surface area contributed by atoms with Gasteiger partial charge < -0.3 is 14.2 Å². The zero-order valence-corrected chi connectivity index (χ0v) is 12.4. The molecule has 0 aliphatic carbocycles. The second-order valence-electron chi connectivity index (χ2n) is 4.32. The minimum atomic E-state index is -4.39. The number of carbonyl (C=O) groups is 1. The summed E-state index contributed by atoms with van der Waals surface area (Å²) in [7, 11) is 0. The number of alkyl halides is 3. The van der Waals surface area contributed by atoms with E-state index in [1.807, 2.05) is 0 Å². The van der Waals surface area contributed by atoms with Gasteiger partial charge in [-0.05, 0) is 28.1 Å². The van der Waals surface area contributed by atoms with Gasteiger partial charge in [-0.1, -0.05) is 0 Å². The van der Waals surface area contributed by atoms with Gasteiger partial charge in [-0.15, -0.1) is 0 Å². The van der Waals surface area contributed by atoms with Crippen molar-refractivity contribution >= 4 is 21.7 Å². The summed E-state index contributed by atoms with van der Waals surface area (Å²) in [5.74, 6) is 0.642. The van der Waals surface area contributed by atoms with Gasteiger partial charge in [-0.3, -0.25) is 4.79 Å². The first kappa shape index (κ1) is 16.1. The van der Waals surface area contributed by atoms with Crippen LogP contribution >= 0.6 is 15.9 Å². The van der Waals surface area contributed by atoms with E-state index in [0.29, 0.717) is 34.7 Å². The summed E-state index contributed by atoms with van der Waals surface area (Å²) in [5, 5.41) is 0. The second kappa shape index (κ2) is 6.65. The van der Waals surface area contributed by atoms with Crippen LogP contribution < -0.4 is 9.47 Å². The largest absolute Gasteiger partial charge is 0.486 e. The van der Waals surface area contributed by atoms with Crippen LogP contribution in [0, 0.1) is 0 Å². The first-order valence-corrected chi connectivity index (χ1v) is 6.93. The van der Waals surface area contributed by atoms with Crippen molar-refractivity contribution in [2.75, 3.05) is 26.4 Å². The van der Waals surface area contributed by atoms with Crippen LogP contribution in [0.1, 0.15) is 16.8 Å². The summed E-state index contributed by atoms with van der Waals surface area (Å²) in [6.07, 6.45) is -4.53. The average molecular weight is 369 g/mol. The lowest BCUT2D eigenvalue weighted by Gasteiger charge is -2.19. The van der Waals surface area contributed by atoms with Gasteiger partial charge in [0.25, 0.3) is 0 Å². The number of carbonyl (C=O) groups excluding carboxylic acids is 1. The molecule has 0 N–H and O–H groups in total. The smallest absolute Gasteiger partial charge is 0.411 e. The summed E-state index contributed by atoms with van der Waals surface area (Å²) >= 11 is 3.24. The molecule has 0 saturated carbocycles. The highest BCUT2D eigenvalue weighted by atomic mass is 79.9. The first-order valence-electron chi connectivity index (χ1n) is 6.13. The molecule has 1 aromatic rings. The lowest BCUT2D eigenvalue weighted by molar-refractivity contribution is -0.173. The molecule has 0 unspecified atom stereocenters. The van der Waals surface area contributed by atoms with Crippen molar-refractivity contribution in [2.45, 2.75) is 12.6 Å². The maximum absolute atomic E-state index is 12.0. The molecule has 21 heavy (non-hydrogen) atoms. The van der Waals surface area contributed by atoms with Gasteiger partial charge >= 0.3 is 6.18 Å². The van der Waals surface area contributed by atoms with Crippen molar-refractivity contribution in [3.05, 3.63) is 22.2 Å². The number of ether oxygens (including phenoxy) is 3. The van der Waals surface area contributed by atoms with Gasteiger partial charge in [0.1, 0.15) is 19.8 Å².